The van der Waals surface area contributed by atoms with Crippen LogP contribution in [0.3, 0.4) is 0 Å². The average molecular weight is 438 g/mol. The standard InChI is InChI=1S/C24H28FN5O2/c1-26-24(28-9-7-16-13-29-19-12-17(25)5-6-18(16)19)27-8-2-10-30-22(31)20-14-3-4-15(11-14)21(20)23(30)32/h3-6,12-15,20-21,29H,2,7-11H2,1H3,(H2,26,27,28). The Morgan fingerprint density at radius 1 is 1.16 bits per heavy atom. The Hall–Kier alpha value is -3.16. The molecule has 4 unspecified atom stereocenters. The molecule has 32 heavy (non-hydrogen) atoms. The number of likely N-dealkylation sites (tertiary alicyclic amines) is 1. The third-order valence-electron chi connectivity index (χ3n) is 7.05. The van der Waals surface area contributed by atoms with Gasteiger partial charge >= 0.3 is 0 Å². The molecule has 2 amide bonds. The Balaban J connectivity index is 1.06. The van der Waals surface area contributed by atoms with Crippen molar-refractivity contribution in [2.45, 2.75) is 19.3 Å². The van der Waals surface area contributed by atoms with Crippen molar-refractivity contribution in [1.82, 2.24) is 20.5 Å². The molecule has 2 fully saturated rings. The highest BCUT2D eigenvalue weighted by molar-refractivity contribution is 6.06. The molecule has 1 saturated heterocycles. The van der Waals surface area contributed by atoms with E-state index in [0.29, 0.717) is 32.0 Å². The molecule has 1 aromatic heterocycles. The number of aromatic nitrogens is 1. The number of hydrogen-bond donors (Lipinski definition) is 3. The molecule has 2 bridgehead atoms. The first-order chi connectivity index (χ1) is 15.6. The van der Waals surface area contributed by atoms with Gasteiger partial charge in [-0.2, -0.15) is 0 Å². The first-order valence-electron chi connectivity index (χ1n) is 11.3. The van der Waals surface area contributed by atoms with Crippen LogP contribution in [0.5, 0.6) is 0 Å². The zero-order chi connectivity index (χ0) is 22.2. The number of carbonyl (C=O) groups is 2. The van der Waals surface area contributed by atoms with Crippen LogP contribution in [-0.4, -0.2) is 54.3 Å². The van der Waals surface area contributed by atoms with Gasteiger partial charge in [-0.05, 0) is 54.9 Å². The van der Waals surface area contributed by atoms with Crippen LogP contribution in [0.2, 0.25) is 0 Å². The van der Waals surface area contributed by atoms with E-state index in [1.807, 2.05) is 6.20 Å². The van der Waals surface area contributed by atoms with E-state index in [1.165, 1.54) is 17.0 Å². The van der Waals surface area contributed by atoms with Gasteiger partial charge in [-0.15, -0.1) is 0 Å². The van der Waals surface area contributed by atoms with Gasteiger partial charge in [0.1, 0.15) is 5.82 Å². The summed E-state index contributed by atoms with van der Waals surface area (Å²) in [4.78, 5) is 34.3. The SMILES string of the molecule is CN=C(NCCCN1C(=O)C2C3C=CC(C3)C2C1=O)NCCc1c[nH]c2cc(F)ccc12. The number of imide groups is 1. The number of nitrogens with one attached hydrogen (secondary N) is 3. The van der Waals surface area contributed by atoms with Crippen LogP contribution < -0.4 is 10.6 Å². The van der Waals surface area contributed by atoms with E-state index in [0.717, 1.165) is 29.3 Å². The van der Waals surface area contributed by atoms with Gasteiger partial charge in [0.25, 0.3) is 0 Å². The lowest BCUT2D eigenvalue weighted by Crippen LogP contribution is -2.40. The maximum absolute atomic E-state index is 13.3. The second-order valence-corrected chi connectivity index (χ2v) is 8.86. The van der Waals surface area contributed by atoms with Gasteiger partial charge < -0.3 is 15.6 Å². The molecular formula is C24H28FN5O2. The Bertz CT molecular complexity index is 1080. The largest absolute Gasteiger partial charge is 0.361 e. The predicted molar refractivity (Wildman–Crippen MR) is 120 cm³/mol. The van der Waals surface area contributed by atoms with E-state index < -0.39 is 0 Å². The van der Waals surface area contributed by atoms with E-state index in [4.69, 9.17) is 0 Å². The van der Waals surface area contributed by atoms with Crippen LogP contribution in [0.4, 0.5) is 4.39 Å². The summed E-state index contributed by atoms with van der Waals surface area (Å²) in [6.07, 6.45) is 8.54. The number of aliphatic imine (C=N–C) groups is 1. The minimum absolute atomic E-state index is 0.0120. The second-order valence-electron chi connectivity index (χ2n) is 8.86. The number of halogens is 1. The first kappa shape index (κ1) is 20.7. The maximum atomic E-state index is 13.3. The average Bonchev–Trinajstić information content (AvgIpc) is 3.55. The second kappa shape index (κ2) is 8.41. The summed E-state index contributed by atoms with van der Waals surface area (Å²) < 4.78 is 13.3. The molecule has 1 saturated carbocycles. The number of amides is 2. The van der Waals surface area contributed by atoms with Crippen molar-refractivity contribution in [1.29, 1.82) is 0 Å². The van der Waals surface area contributed by atoms with Gasteiger partial charge in [0, 0.05) is 43.8 Å². The minimum Gasteiger partial charge on any atom is -0.361 e. The Morgan fingerprint density at radius 2 is 1.88 bits per heavy atom. The normalized spacial score (nSPS) is 26.4. The number of nitrogens with zero attached hydrogens (tertiary/aromatic N) is 2. The fourth-order valence-corrected chi connectivity index (χ4v) is 5.53. The Kier molecular flexibility index (Phi) is 5.45. The number of H-pyrrole nitrogens is 1. The minimum atomic E-state index is -0.252. The van der Waals surface area contributed by atoms with E-state index in [-0.39, 0.29) is 41.3 Å². The molecule has 2 aromatic rings. The number of hydrogen-bond acceptors (Lipinski definition) is 3. The number of aromatic amines is 1. The zero-order valence-corrected chi connectivity index (χ0v) is 18.1. The molecule has 5 rings (SSSR count). The van der Waals surface area contributed by atoms with Crippen molar-refractivity contribution in [3.8, 4) is 0 Å². The molecule has 3 N–H and O–H groups in total. The third kappa shape index (κ3) is 3.57. The van der Waals surface area contributed by atoms with Gasteiger partial charge in [-0.1, -0.05) is 12.2 Å². The molecule has 0 radical (unpaired) electrons. The summed E-state index contributed by atoms with van der Waals surface area (Å²) in [5.41, 5.74) is 1.91. The molecule has 0 spiro atoms. The molecule has 2 heterocycles. The summed E-state index contributed by atoms with van der Waals surface area (Å²) in [5.74, 6) is 0.706. The highest BCUT2D eigenvalue weighted by Gasteiger charge is 2.58. The van der Waals surface area contributed by atoms with E-state index in [1.54, 1.807) is 13.1 Å². The van der Waals surface area contributed by atoms with Crippen molar-refractivity contribution in [3.63, 3.8) is 0 Å². The smallest absolute Gasteiger partial charge is 0.233 e. The van der Waals surface area contributed by atoms with Crippen LogP contribution in [0.1, 0.15) is 18.4 Å². The number of carbonyl (C=O) groups excluding carboxylic acids is 2. The van der Waals surface area contributed by atoms with Crippen molar-refractivity contribution >= 4 is 28.7 Å². The molecule has 3 aliphatic rings. The quantitative estimate of drug-likeness (QED) is 0.204. The van der Waals surface area contributed by atoms with Gasteiger partial charge in [0.15, 0.2) is 5.96 Å². The third-order valence-corrected chi connectivity index (χ3v) is 7.05. The molecule has 4 atom stereocenters. The molecular weight excluding hydrogens is 409 g/mol. The summed E-state index contributed by atoms with van der Waals surface area (Å²) >= 11 is 0. The zero-order valence-electron chi connectivity index (χ0n) is 18.1. The topological polar surface area (TPSA) is 89.6 Å². The molecule has 8 heteroatoms. The monoisotopic (exact) mass is 437 g/mol. The van der Waals surface area contributed by atoms with E-state index in [2.05, 4.69) is 32.8 Å². The summed E-state index contributed by atoms with van der Waals surface area (Å²) in [5, 5.41) is 7.54. The fourth-order valence-electron chi connectivity index (χ4n) is 5.53. The number of guanidine groups is 1. The highest BCUT2D eigenvalue weighted by atomic mass is 19.1. The predicted octanol–water partition coefficient (Wildman–Crippen LogP) is 2.21. The van der Waals surface area contributed by atoms with Gasteiger partial charge in [0.05, 0.1) is 11.8 Å². The molecule has 7 nitrogen and oxygen atoms in total. The lowest BCUT2D eigenvalue weighted by atomic mass is 9.85. The van der Waals surface area contributed by atoms with Gasteiger partial charge in [-0.25, -0.2) is 4.39 Å². The van der Waals surface area contributed by atoms with Crippen LogP contribution in [-0.2, 0) is 16.0 Å². The number of allylic oxidation sites excluding steroid dienone is 2. The van der Waals surface area contributed by atoms with Crippen LogP contribution in [0, 0.1) is 29.5 Å². The number of fused-ring (bicyclic) bond motifs is 6. The molecule has 168 valence electrons. The molecule has 1 aromatic carbocycles. The highest BCUT2D eigenvalue weighted by Crippen LogP contribution is 2.52. The molecule has 1 aliphatic heterocycles. The lowest BCUT2D eigenvalue weighted by molar-refractivity contribution is -0.140. The van der Waals surface area contributed by atoms with E-state index in [9.17, 15) is 14.0 Å². The Morgan fingerprint density at radius 3 is 2.59 bits per heavy atom. The molecule has 2 aliphatic carbocycles. The van der Waals surface area contributed by atoms with Crippen molar-refractivity contribution < 1.29 is 14.0 Å². The van der Waals surface area contributed by atoms with Gasteiger partial charge in [-0.3, -0.25) is 19.5 Å². The van der Waals surface area contributed by atoms with Gasteiger partial charge in [0.2, 0.25) is 11.8 Å². The summed E-state index contributed by atoms with van der Waals surface area (Å²) in [6.45, 7) is 1.73. The van der Waals surface area contributed by atoms with Crippen molar-refractivity contribution in [3.05, 3.63) is 47.9 Å². The van der Waals surface area contributed by atoms with E-state index >= 15 is 0 Å². The van der Waals surface area contributed by atoms with Crippen LogP contribution in [0.15, 0.2) is 41.5 Å². The lowest BCUT2D eigenvalue weighted by Gasteiger charge is -2.18. The van der Waals surface area contributed by atoms with Crippen LogP contribution >= 0.6 is 0 Å². The number of rotatable bonds is 7. The summed E-state index contributed by atoms with van der Waals surface area (Å²) in [6, 6.07) is 4.76. The first-order valence-corrected chi connectivity index (χ1v) is 11.3. The number of benzene rings is 1. The Labute approximate surface area is 186 Å². The van der Waals surface area contributed by atoms with Crippen molar-refractivity contribution in [2.24, 2.45) is 28.7 Å². The summed E-state index contributed by atoms with van der Waals surface area (Å²) in [7, 11) is 1.71. The fraction of sp³-hybridized carbons (Fsp3) is 0.458. The van der Waals surface area contributed by atoms with Crippen molar-refractivity contribution in [2.75, 3.05) is 26.7 Å². The maximum Gasteiger partial charge on any atom is 0.233 e. The van der Waals surface area contributed by atoms with Crippen LogP contribution in [0.25, 0.3) is 10.9 Å².